The maximum atomic E-state index is 5.98. The van der Waals surface area contributed by atoms with Gasteiger partial charge in [-0.05, 0) is 32.6 Å². The summed E-state index contributed by atoms with van der Waals surface area (Å²) >= 11 is 0. The molecule has 2 aliphatic heterocycles. The van der Waals surface area contributed by atoms with Gasteiger partial charge in [0.15, 0.2) is 12.1 Å². The molecule has 15 heavy (non-hydrogen) atoms. The molecule has 0 saturated carbocycles. The summed E-state index contributed by atoms with van der Waals surface area (Å²) in [5, 5.41) is 0. The molecule has 3 nitrogen and oxygen atoms in total. The maximum Gasteiger partial charge on any atom is 0.175 e. The highest BCUT2D eigenvalue weighted by molar-refractivity contribution is 5.12. The Balaban J connectivity index is 1.64. The molecular formula is C12H18O3. The van der Waals surface area contributed by atoms with Crippen LogP contribution in [-0.2, 0) is 14.2 Å². The van der Waals surface area contributed by atoms with Crippen molar-refractivity contribution >= 4 is 0 Å². The molecule has 2 fully saturated rings. The topological polar surface area (TPSA) is 27.7 Å². The van der Waals surface area contributed by atoms with Gasteiger partial charge in [-0.15, -0.1) is 0 Å². The minimum absolute atomic E-state index is 0.0588. The molecule has 2 bridgehead atoms. The number of rotatable bonds is 2. The molecule has 0 amide bonds. The zero-order valence-corrected chi connectivity index (χ0v) is 9.15. The van der Waals surface area contributed by atoms with Crippen LogP contribution >= 0.6 is 0 Å². The van der Waals surface area contributed by atoms with E-state index in [0.717, 1.165) is 25.9 Å². The van der Waals surface area contributed by atoms with Gasteiger partial charge >= 0.3 is 0 Å². The van der Waals surface area contributed by atoms with E-state index in [1.807, 2.05) is 6.92 Å². The highest BCUT2D eigenvalue weighted by Crippen LogP contribution is 2.44. The predicted molar refractivity (Wildman–Crippen MR) is 55.2 cm³/mol. The second-order valence-electron chi connectivity index (χ2n) is 4.81. The fraction of sp³-hybridized carbons (Fsp3) is 0.833. The van der Waals surface area contributed by atoms with E-state index in [0.29, 0.717) is 5.92 Å². The highest BCUT2D eigenvalue weighted by Gasteiger charge is 2.48. The van der Waals surface area contributed by atoms with Crippen LogP contribution in [0.1, 0.15) is 32.6 Å². The van der Waals surface area contributed by atoms with Gasteiger partial charge in [-0.25, -0.2) is 0 Å². The first-order chi connectivity index (χ1) is 7.26. The summed E-state index contributed by atoms with van der Waals surface area (Å²) in [5.41, 5.74) is 0. The van der Waals surface area contributed by atoms with E-state index >= 15 is 0 Å². The third kappa shape index (κ3) is 1.73. The van der Waals surface area contributed by atoms with Gasteiger partial charge in [-0.2, -0.15) is 0 Å². The van der Waals surface area contributed by atoms with Gasteiger partial charge in [-0.1, -0.05) is 12.2 Å². The van der Waals surface area contributed by atoms with Crippen molar-refractivity contribution in [2.75, 3.05) is 6.61 Å². The Bertz CT molecular complexity index is 270. The molecule has 0 aromatic heterocycles. The van der Waals surface area contributed by atoms with E-state index in [2.05, 4.69) is 12.2 Å². The van der Waals surface area contributed by atoms with E-state index in [4.69, 9.17) is 14.2 Å². The molecular weight excluding hydrogens is 192 g/mol. The largest absolute Gasteiger partial charge is 0.353 e. The lowest BCUT2D eigenvalue weighted by molar-refractivity contribution is -0.309. The van der Waals surface area contributed by atoms with Gasteiger partial charge in [0.2, 0.25) is 0 Å². The minimum atomic E-state index is -0.443. The number of hydrogen-bond acceptors (Lipinski definition) is 3. The van der Waals surface area contributed by atoms with Crippen molar-refractivity contribution in [2.24, 2.45) is 5.92 Å². The molecule has 3 rings (SSSR count). The monoisotopic (exact) mass is 210 g/mol. The van der Waals surface area contributed by atoms with Gasteiger partial charge in [0.1, 0.15) is 0 Å². The van der Waals surface area contributed by atoms with Crippen LogP contribution in [0.2, 0.25) is 0 Å². The first-order valence-electron chi connectivity index (χ1n) is 5.92. The molecule has 3 heteroatoms. The van der Waals surface area contributed by atoms with Crippen molar-refractivity contribution in [3.8, 4) is 0 Å². The van der Waals surface area contributed by atoms with Crippen molar-refractivity contribution in [3.05, 3.63) is 12.2 Å². The van der Waals surface area contributed by atoms with E-state index in [1.165, 1.54) is 6.42 Å². The quantitative estimate of drug-likeness (QED) is 0.654. The smallest absolute Gasteiger partial charge is 0.175 e. The van der Waals surface area contributed by atoms with E-state index < -0.39 is 5.79 Å². The molecule has 2 heterocycles. The van der Waals surface area contributed by atoms with Crippen LogP contribution in [0.4, 0.5) is 0 Å². The summed E-state index contributed by atoms with van der Waals surface area (Å²) in [6.07, 6.45) is 8.99. The molecule has 2 saturated heterocycles. The van der Waals surface area contributed by atoms with Crippen LogP contribution < -0.4 is 0 Å². The average Bonchev–Trinajstić information content (AvgIpc) is 2.78. The Morgan fingerprint density at radius 2 is 2.27 bits per heavy atom. The zero-order chi connectivity index (χ0) is 10.3. The van der Waals surface area contributed by atoms with Crippen LogP contribution in [0.3, 0.4) is 0 Å². The highest BCUT2D eigenvalue weighted by atomic mass is 16.8. The number of ether oxygens (including phenoxy) is 3. The summed E-state index contributed by atoms with van der Waals surface area (Å²) in [7, 11) is 0. The first-order valence-corrected chi connectivity index (χ1v) is 5.92. The standard InChI is InChI=1S/C12H18O3/c1-12(9-5-6-10(8-9)14-12)15-11-4-2-3-7-13-11/h5-6,9-11H,2-4,7-8H2,1H3. The van der Waals surface area contributed by atoms with Gasteiger partial charge in [-0.3, -0.25) is 0 Å². The van der Waals surface area contributed by atoms with Crippen LogP contribution in [0, 0.1) is 5.92 Å². The van der Waals surface area contributed by atoms with E-state index in [-0.39, 0.29) is 12.4 Å². The van der Waals surface area contributed by atoms with Gasteiger partial charge < -0.3 is 14.2 Å². The Kier molecular flexibility index (Phi) is 2.34. The Morgan fingerprint density at radius 3 is 2.87 bits per heavy atom. The van der Waals surface area contributed by atoms with Crippen LogP contribution in [0.25, 0.3) is 0 Å². The van der Waals surface area contributed by atoms with Crippen molar-refractivity contribution in [2.45, 2.75) is 50.8 Å². The lowest BCUT2D eigenvalue weighted by Crippen LogP contribution is -2.41. The van der Waals surface area contributed by atoms with Gasteiger partial charge in [0, 0.05) is 12.5 Å². The van der Waals surface area contributed by atoms with Crippen LogP contribution in [0.5, 0.6) is 0 Å². The van der Waals surface area contributed by atoms with Crippen molar-refractivity contribution in [1.29, 1.82) is 0 Å². The second kappa shape index (κ2) is 3.58. The normalized spacial score (nSPS) is 48.7. The predicted octanol–water partition coefficient (Wildman–Crippen LogP) is 2.22. The molecule has 3 aliphatic rings. The second-order valence-corrected chi connectivity index (χ2v) is 4.81. The molecule has 0 aromatic rings. The fourth-order valence-electron chi connectivity index (χ4n) is 2.71. The summed E-state index contributed by atoms with van der Waals surface area (Å²) in [4.78, 5) is 0. The Labute approximate surface area is 90.4 Å². The Hall–Kier alpha value is -0.380. The average molecular weight is 210 g/mol. The summed E-state index contributed by atoms with van der Waals surface area (Å²) in [5.74, 6) is -0.0328. The third-order valence-electron chi connectivity index (χ3n) is 3.61. The van der Waals surface area contributed by atoms with Crippen LogP contribution in [-0.4, -0.2) is 24.8 Å². The summed E-state index contributed by atoms with van der Waals surface area (Å²) < 4.78 is 17.4. The van der Waals surface area contributed by atoms with E-state index in [1.54, 1.807) is 0 Å². The van der Waals surface area contributed by atoms with E-state index in [9.17, 15) is 0 Å². The van der Waals surface area contributed by atoms with Gasteiger partial charge in [0.25, 0.3) is 0 Å². The molecule has 0 spiro atoms. The SMILES string of the molecule is CC1(OC2CCCCO2)OC2C=CC1C2. The number of hydrogen-bond donors (Lipinski definition) is 0. The minimum Gasteiger partial charge on any atom is -0.353 e. The summed E-state index contributed by atoms with van der Waals surface area (Å²) in [6, 6.07) is 0. The zero-order valence-electron chi connectivity index (χ0n) is 9.15. The van der Waals surface area contributed by atoms with Crippen LogP contribution in [0.15, 0.2) is 12.2 Å². The number of fused-ring (bicyclic) bond motifs is 2. The molecule has 4 atom stereocenters. The van der Waals surface area contributed by atoms with Crippen molar-refractivity contribution in [1.82, 2.24) is 0 Å². The van der Waals surface area contributed by atoms with Crippen molar-refractivity contribution in [3.63, 3.8) is 0 Å². The maximum absolute atomic E-state index is 5.98. The Morgan fingerprint density at radius 1 is 1.33 bits per heavy atom. The lowest BCUT2D eigenvalue weighted by Gasteiger charge is -2.36. The molecule has 84 valence electrons. The molecule has 0 radical (unpaired) electrons. The van der Waals surface area contributed by atoms with Crippen molar-refractivity contribution < 1.29 is 14.2 Å². The third-order valence-corrected chi connectivity index (χ3v) is 3.61. The molecule has 1 aliphatic carbocycles. The van der Waals surface area contributed by atoms with Gasteiger partial charge in [0.05, 0.1) is 6.10 Å². The lowest BCUT2D eigenvalue weighted by atomic mass is 10.0. The first kappa shape index (κ1) is 9.82. The molecule has 0 N–H and O–H groups in total. The molecule has 0 aromatic carbocycles. The fourth-order valence-corrected chi connectivity index (χ4v) is 2.71. The molecule has 4 unspecified atom stereocenters. The summed E-state index contributed by atoms with van der Waals surface area (Å²) in [6.45, 7) is 2.86.